The molecule has 0 radical (unpaired) electrons. The third-order valence-corrected chi connectivity index (χ3v) is 5.11. The van der Waals surface area contributed by atoms with E-state index in [0.29, 0.717) is 46.4 Å². The summed E-state index contributed by atoms with van der Waals surface area (Å²) in [7, 11) is 1.57. The molecule has 0 fully saturated rings. The van der Waals surface area contributed by atoms with Gasteiger partial charge in [0, 0.05) is 19.2 Å². The Morgan fingerprint density at radius 2 is 1.97 bits per heavy atom. The van der Waals surface area contributed by atoms with Crippen LogP contribution >= 0.6 is 11.6 Å². The van der Waals surface area contributed by atoms with E-state index in [2.05, 4.69) is 20.8 Å². The zero-order chi connectivity index (χ0) is 20.5. The highest BCUT2D eigenvalue weighted by atomic mass is 35.5. The van der Waals surface area contributed by atoms with Gasteiger partial charge in [-0.25, -0.2) is 0 Å². The number of anilines is 1. The molecule has 2 heterocycles. The van der Waals surface area contributed by atoms with E-state index < -0.39 is 0 Å². The van der Waals surface area contributed by atoms with Crippen LogP contribution in [0.3, 0.4) is 0 Å². The zero-order valence-electron chi connectivity index (χ0n) is 15.9. The Bertz CT molecular complexity index is 1290. The number of para-hydroxylation sites is 1. The van der Waals surface area contributed by atoms with Crippen LogP contribution in [0.25, 0.3) is 16.7 Å². The van der Waals surface area contributed by atoms with Crippen LogP contribution in [0, 0.1) is 0 Å². The van der Waals surface area contributed by atoms with Crippen LogP contribution in [-0.2, 0) is 13.1 Å². The minimum absolute atomic E-state index is 0.0937. The fourth-order valence-corrected chi connectivity index (χ4v) is 3.52. The average molecular weight is 411 g/mol. The molecule has 0 atom stereocenters. The highest BCUT2D eigenvalue weighted by molar-refractivity contribution is 6.33. The van der Waals surface area contributed by atoms with Gasteiger partial charge in [0.2, 0.25) is 5.78 Å². The van der Waals surface area contributed by atoms with Gasteiger partial charge in [0.1, 0.15) is 0 Å². The molecular weight excluding hydrogens is 392 g/mol. The van der Waals surface area contributed by atoms with E-state index in [-0.39, 0.29) is 11.5 Å². The first kappa shape index (κ1) is 18.9. The molecule has 0 saturated heterocycles. The zero-order valence-corrected chi connectivity index (χ0v) is 16.7. The predicted octanol–water partition coefficient (Wildman–Crippen LogP) is 2.69. The SMILES string of the molecule is CCn1c(=O)c2ccccc2n2c(CNc3cc(C(=O)NC)ccc3Cl)nnc12. The first-order valence-corrected chi connectivity index (χ1v) is 9.54. The number of carbonyl (C=O) groups excluding carboxylic acids is 1. The summed E-state index contributed by atoms with van der Waals surface area (Å²) in [4.78, 5) is 24.6. The fourth-order valence-electron chi connectivity index (χ4n) is 3.33. The maximum Gasteiger partial charge on any atom is 0.262 e. The number of nitrogens with zero attached hydrogens (tertiary/aromatic N) is 4. The number of fused-ring (bicyclic) bond motifs is 3. The summed E-state index contributed by atoms with van der Waals surface area (Å²) in [6.45, 7) is 2.69. The highest BCUT2D eigenvalue weighted by Gasteiger charge is 2.16. The topological polar surface area (TPSA) is 93.3 Å². The summed E-state index contributed by atoms with van der Waals surface area (Å²) >= 11 is 6.28. The summed E-state index contributed by atoms with van der Waals surface area (Å²) in [6.07, 6.45) is 0. The van der Waals surface area contributed by atoms with Gasteiger partial charge in [-0.15, -0.1) is 10.2 Å². The predicted molar refractivity (Wildman–Crippen MR) is 113 cm³/mol. The Morgan fingerprint density at radius 3 is 2.72 bits per heavy atom. The number of carbonyl (C=O) groups is 1. The molecule has 148 valence electrons. The largest absolute Gasteiger partial charge is 0.376 e. The van der Waals surface area contributed by atoms with Gasteiger partial charge in [-0.1, -0.05) is 23.7 Å². The van der Waals surface area contributed by atoms with E-state index in [9.17, 15) is 9.59 Å². The molecule has 8 nitrogen and oxygen atoms in total. The third kappa shape index (κ3) is 3.21. The third-order valence-electron chi connectivity index (χ3n) is 4.78. The molecule has 0 aliphatic carbocycles. The minimum atomic E-state index is -0.199. The molecule has 4 rings (SSSR count). The lowest BCUT2D eigenvalue weighted by Gasteiger charge is -2.12. The minimum Gasteiger partial charge on any atom is -0.376 e. The average Bonchev–Trinajstić information content (AvgIpc) is 3.17. The van der Waals surface area contributed by atoms with Crippen molar-refractivity contribution in [1.82, 2.24) is 24.5 Å². The van der Waals surface area contributed by atoms with E-state index in [1.165, 1.54) is 0 Å². The van der Waals surface area contributed by atoms with Gasteiger partial charge >= 0.3 is 0 Å². The van der Waals surface area contributed by atoms with Gasteiger partial charge in [-0.3, -0.25) is 18.6 Å². The number of benzene rings is 2. The lowest BCUT2D eigenvalue weighted by Crippen LogP contribution is -2.23. The van der Waals surface area contributed by atoms with Gasteiger partial charge in [0.25, 0.3) is 11.5 Å². The van der Waals surface area contributed by atoms with E-state index in [1.807, 2.05) is 29.5 Å². The Kier molecular flexibility index (Phi) is 4.94. The molecule has 0 unspecified atom stereocenters. The summed E-state index contributed by atoms with van der Waals surface area (Å²) in [6, 6.07) is 12.4. The molecule has 4 aromatic rings. The molecule has 0 saturated carbocycles. The number of amides is 1. The maximum absolute atomic E-state index is 12.7. The number of aryl methyl sites for hydroxylation is 1. The van der Waals surface area contributed by atoms with E-state index in [1.54, 1.807) is 35.9 Å². The Morgan fingerprint density at radius 1 is 1.17 bits per heavy atom. The molecule has 1 amide bonds. The number of nitrogens with one attached hydrogen (secondary N) is 2. The standard InChI is InChI=1S/C20H19ClN6O2/c1-3-26-19(29)13-6-4-5-7-16(13)27-17(24-25-20(26)27)11-23-15-10-12(18(28)22-2)8-9-14(15)21/h4-10,23H,3,11H2,1-2H3,(H,22,28). The number of hydrogen-bond donors (Lipinski definition) is 2. The first-order valence-electron chi connectivity index (χ1n) is 9.16. The van der Waals surface area contributed by atoms with Crippen molar-refractivity contribution in [2.45, 2.75) is 20.0 Å². The van der Waals surface area contributed by atoms with Crippen molar-refractivity contribution in [3.63, 3.8) is 0 Å². The van der Waals surface area contributed by atoms with Crippen LogP contribution in [-0.4, -0.2) is 32.1 Å². The van der Waals surface area contributed by atoms with Crippen LogP contribution in [0.15, 0.2) is 47.3 Å². The van der Waals surface area contributed by atoms with Crippen molar-refractivity contribution in [1.29, 1.82) is 0 Å². The summed E-state index contributed by atoms with van der Waals surface area (Å²) in [5.74, 6) is 0.911. The smallest absolute Gasteiger partial charge is 0.262 e. The van der Waals surface area contributed by atoms with Crippen molar-refractivity contribution in [3.8, 4) is 0 Å². The fraction of sp³-hybridized carbons (Fsp3) is 0.200. The van der Waals surface area contributed by atoms with E-state index >= 15 is 0 Å². The highest BCUT2D eigenvalue weighted by Crippen LogP contribution is 2.24. The van der Waals surface area contributed by atoms with Gasteiger partial charge < -0.3 is 10.6 Å². The summed E-state index contributed by atoms with van der Waals surface area (Å²) < 4.78 is 3.46. The van der Waals surface area contributed by atoms with Gasteiger partial charge in [-0.05, 0) is 37.3 Å². The maximum atomic E-state index is 12.7. The quantitative estimate of drug-likeness (QED) is 0.527. The molecule has 0 aliphatic rings. The van der Waals surface area contributed by atoms with Crippen molar-refractivity contribution >= 4 is 39.9 Å². The first-order chi connectivity index (χ1) is 14.0. The van der Waals surface area contributed by atoms with E-state index in [4.69, 9.17) is 11.6 Å². The Labute approximate surface area is 171 Å². The Hall–Kier alpha value is -3.39. The molecule has 0 spiro atoms. The van der Waals surface area contributed by atoms with Gasteiger partial charge in [0.05, 0.1) is 28.2 Å². The van der Waals surface area contributed by atoms with Gasteiger partial charge in [-0.2, -0.15) is 0 Å². The van der Waals surface area contributed by atoms with Crippen LogP contribution in [0.2, 0.25) is 5.02 Å². The molecule has 9 heteroatoms. The second-order valence-corrected chi connectivity index (χ2v) is 6.85. The van der Waals surface area contributed by atoms with Crippen molar-refractivity contribution in [3.05, 3.63) is 69.2 Å². The lowest BCUT2D eigenvalue weighted by atomic mass is 10.2. The van der Waals surface area contributed by atoms with Crippen LogP contribution in [0.1, 0.15) is 23.1 Å². The summed E-state index contributed by atoms with van der Waals surface area (Å²) in [5, 5.41) is 15.4. The van der Waals surface area contributed by atoms with Crippen molar-refractivity contribution < 1.29 is 4.79 Å². The number of aromatic nitrogens is 4. The van der Waals surface area contributed by atoms with Crippen LogP contribution in [0.4, 0.5) is 5.69 Å². The van der Waals surface area contributed by atoms with Gasteiger partial charge in [0.15, 0.2) is 5.82 Å². The van der Waals surface area contributed by atoms with E-state index in [0.717, 1.165) is 5.52 Å². The molecule has 29 heavy (non-hydrogen) atoms. The van der Waals surface area contributed by atoms with Crippen molar-refractivity contribution in [2.24, 2.45) is 0 Å². The molecule has 0 aliphatic heterocycles. The molecule has 2 N–H and O–H groups in total. The van der Waals surface area contributed by atoms with Crippen LogP contribution < -0.4 is 16.2 Å². The second kappa shape index (κ2) is 7.56. The lowest BCUT2D eigenvalue weighted by molar-refractivity contribution is 0.0963. The second-order valence-electron chi connectivity index (χ2n) is 6.45. The normalized spacial score (nSPS) is 11.1. The summed E-state index contributed by atoms with van der Waals surface area (Å²) in [5.41, 5.74) is 1.75. The molecule has 2 aromatic heterocycles. The molecule has 2 aromatic carbocycles. The molecule has 0 bridgehead atoms. The van der Waals surface area contributed by atoms with Crippen LogP contribution in [0.5, 0.6) is 0 Å². The Balaban J connectivity index is 1.78. The molecular formula is C20H19ClN6O2. The van der Waals surface area contributed by atoms with Crippen molar-refractivity contribution in [2.75, 3.05) is 12.4 Å². The number of halogens is 1. The monoisotopic (exact) mass is 410 g/mol. The number of rotatable bonds is 5. The number of hydrogen-bond acceptors (Lipinski definition) is 5.